The lowest BCUT2D eigenvalue weighted by atomic mass is 10.0. The molecule has 0 saturated carbocycles. The minimum Gasteiger partial charge on any atom is -0.462 e. The molecule has 1 aliphatic heterocycles. The Morgan fingerprint density at radius 3 is 2.51 bits per heavy atom. The molecule has 0 spiro atoms. The third-order valence-electron chi connectivity index (χ3n) is 6.60. The van der Waals surface area contributed by atoms with E-state index in [-0.39, 0.29) is 12.2 Å². The van der Waals surface area contributed by atoms with Crippen LogP contribution in [0.5, 0.6) is 0 Å². The molecule has 5 rings (SSSR count). The first kappa shape index (κ1) is 22.6. The number of nitrogens with zero attached hydrogens (tertiary/aromatic N) is 3. The number of esters is 1. The van der Waals surface area contributed by atoms with Crippen LogP contribution in [0.15, 0.2) is 58.3 Å². The van der Waals surface area contributed by atoms with E-state index in [0.29, 0.717) is 30.9 Å². The summed E-state index contributed by atoms with van der Waals surface area (Å²) < 4.78 is 12.6. The molecular weight excluding hydrogens is 450 g/mol. The van der Waals surface area contributed by atoms with Gasteiger partial charge in [-0.15, -0.1) is 0 Å². The Kier molecular flexibility index (Phi) is 5.76. The molecule has 1 aliphatic carbocycles. The normalized spacial score (nSPS) is 16.8. The van der Waals surface area contributed by atoms with Crippen LogP contribution in [0.25, 0.3) is 5.69 Å². The summed E-state index contributed by atoms with van der Waals surface area (Å²) in [6.45, 7) is 4.52. The molecule has 2 heterocycles. The van der Waals surface area contributed by atoms with Gasteiger partial charge in [0.2, 0.25) is 0 Å². The van der Waals surface area contributed by atoms with Crippen LogP contribution in [0.2, 0.25) is 0 Å². The Labute approximate surface area is 201 Å². The van der Waals surface area contributed by atoms with E-state index >= 15 is 0 Å². The third kappa shape index (κ3) is 3.82. The van der Waals surface area contributed by atoms with E-state index in [9.17, 15) is 19.2 Å². The Hall–Kier alpha value is -4.14. The molecule has 180 valence electrons. The second kappa shape index (κ2) is 8.90. The zero-order chi connectivity index (χ0) is 24.7. The van der Waals surface area contributed by atoms with E-state index in [4.69, 9.17) is 9.47 Å². The molecule has 3 aromatic rings. The number of fused-ring (bicyclic) bond motifs is 1. The summed E-state index contributed by atoms with van der Waals surface area (Å²) in [6.07, 6.45) is 2.13. The fraction of sp³-hybridized carbons (Fsp3) is 0.308. The van der Waals surface area contributed by atoms with E-state index < -0.39 is 29.4 Å². The molecule has 0 bridgehead atoms. The summed E-state index contributed by atoms with van der Waals surface area (Å²) in [5, 5.41) is 0. The molecule has 9 nitrogen and oxygen atoms in total. The lowest BCUT2D eigenvalue weighted by molar-refractivity contribution is 0.0522. The number of amides is 1. The molecule has 1 fully saturated rings. The average Bonchev–Trinajstić information content (AvgIpc) is 3.47. The van der Waals surface area contributed by atoms with Crippen LogP contribution in [-0.2, 0) is 15.9 Å². The second-order valence-electron chi connectivity index (χ2n) is 8.57. The highest BCUT2D eigenvalue weighted by molar-refractivity contribution is 5.89. The zero-order valence-corrected chi connectivity index (χ0v) is 19.5. The molecule has 0 N–H and O–H groups in total. The van der Waals surface area contributed by atoms with Crippen LogP contribution in [0.3, 0.4) is 0 Å². The van der Waals surface area contributed by atoms with Crippen molar-refractivity contribution in [1.82, 2.24) is 9.13 Å². The molecule has 35 heavy (non-hydrogen) atoms. The molecule has 2 aromatic carbocycles. The largest absolute Gasteiger partial charge is 0.462 e. The van der Waals surface area contributed by atoms with Crippen molar-refractivity contribution >= 4 is 17.7 Å². The van der Waals surface area contributed by atoms with E-state index in [0.717, 1.165) is 23.1 Å². The Morgan fingerprint density at radius 1 is 1.09 bits per heavy atom. The summed E-state index contributed by atoms with van der Waals surface area (Å²) in [4.78, 5) is 53.2. The van der Waals surface area contributed by atoms with Gasteiger partial charge in [0.25, 0.3) is 5.56 Å². The van der Waals surface area contributed by atoms with E-state index in [1.807, 2.05) is 25.1 Å². The number of carbonyl (C=O) groups is 2. The monoisotopic (exact) mass is 475 g/mol. The predicted octanol–water partition coefficient (Wildman–Crippen LogP) is 2.98. The van der Waals surface area contributed by atoms with Crippen LogP contribution < -0.4 is 16.1 Å². The first-order chi connectivity index (χ1) is 16.9. The molecule has 1 unspecified atom stereocenters. The zero-order valence-electron chi connectivity index (χ0n) is 19.5. The van der Waals surface area contributed by atoms with Crippen molar-refractivity contribution in [2.24, 2.45) is 0 Å². The van der Waals surface area contributed by atoms with Gasteiger partial charge in [0.15, 0.2) is 0 Å². The van der Waals surface area contributed by atoms with Gasteiger partial charge in [-0.2, -0.15) is 0 Å². The molecular formula is C26H25N3O6. The standard InChI is InChI=1S/C26H25N3O6/c1-3-34-24(31)21-15-28(18-9-7-17(8-10-18)27-13-14-35-26(27)33)25(32)29(23(21)30)22-12-11-19-16(2)5-4-6-20(19)22/h4-10,15,22H,3,11-14H2,1-2H3. The van der Waals surface area contributed by atoms with Gasteiger partial charge in [0, 0.05) is 11.9 Å². The van der Waals surface area contributed by atoms with Gasteiger partial charge in [-0.3, -0.25) is 18.8 Å². The van der Waals surface area contributed by atoms with Crippen molar-refractivity contribution in [1.29, 1.82) is 0 Å². The van der Waals surface area contributed by atoms with Gasteiger partial charge in [0.05, 0.1) is 24.9 Å². The van der Waals surface area contributed by atoms with E-state index in [2.05, 4.69) is 0 Å². The maximum Gasteiger partial charge on any atom is 0.414 e. The minimum atomic E-state index is -0.779. The number of cyclic esters (lactones) is 1. The Morgan fingerprint density at radius 2 is 1.83 bits per heavy atom. The molecule has 1 saturated heterocycles. The van der Waals surface area contributed by atoms with E-state index in [1.165, 1.54) is 20.2 Å². The van der Waals surface area contributed by atoms with Crippen molar-refractivity contribution in [3.05, 3.63) is 91.8 Å². The fourth-order valence-corrected chi connectivity index (χ4v) is 4.89. The van der Waals surface area contributed by atoms with Gasteiger partial charge < -0.3 is 9.47 Å². The van der Waals surface area contributed by atoms with Crippen LogP contribution in [0.1, 0.15) is 46.4 Å². The van der Waals surface area contributed by atoms with Crippen molar-refractivity contribution in [3.8, 4) is 5.69 Å². The number of hydrogen-bond acceptors (Lipinski definition) is 6. The van der Waals surface area contributed by atoms with Gasteiger partial charge >= 0.3 is 17.8 Å². The third-order valence-corrected chi connectivity index (χ3v) is 6.60. The molecule has 1 aromatic heterocycles. The summed E-state index contributed by atoms with van der Waals surface area (Å²) in [5.41, 5.74) is 2.81. The lowest BCUT2D eigenvalue weighted by Gasteiger charge is -2.19. The van der Waals surface area contributed by atoms with Gasteiger partial charge in [-0.25, -0.2) is 14.4 Å². The average molecular weight is 476 g/mol. The maximum absolute atomic E-state index is 13.7. The molecule has 9 heteroatoms. The van der Waals surface area contributed by atoms with Crippen LogP contribution in [0, 0.1) is 6.92 Å². The molecule has 0 radical (unpaired) electrons. The number of aromatic nitrogens is 2. The summed E-state index contributed by atoms with van der Waals surface area (Å²) in [5.74, 6) is -0.779. The lowest BCUT2D eigenvalue weighted by Crippen LogP contribution is -2.44. The van der Waals surface area contributed by atoms with Crippen LogP contribution in [0.4, 0.5) is 10.5 Å². The number of carbonyl (C=O) groups excluding carboxylic acids is 2. The predicted molar refractivity (Wildman–Crippen MR) is 129 cm³/mol. The highest BCUT2D eigenvalue weighted by Crippen LogP contribution is 2.34. The summed E-state index contributed by atoms with van der Waals surface area (Å²) in [7, 11) is 0. The Bertz CT molecular complexity index is 1440. The second-order valence-corrected chi connectivity index (χ2v) is 8.57. The quantitative estimate of drug-likeness (QED) is 0.526. The van der Waals surface area contributed by atoms with Gasteiger partial charge in [-0.1, -0.05) is 18.2 Å². The molecule has 2 aliphatic rings. The fourth-order valence-electron chi connectivity index (χ4n) is 4.89. The number of rotatable bonds is 5. The number of aryl methyl sites for hydroxylation is 1. The van der Waals surface area contributed by atoms with Gasteiger partial charge in [-0.05, 0) is 67.6 Å². The summed E-state index contributed by atoms with van der Waals surface area (Å²) in [6, 6.07) is 12.1. The number of ether oxygens (including phenoxy) is 2. The highest BCUT2D eigenvalue weighted by Gasteiger charge is 2.30. The minimum absolute atomic E-state index is 0.101. The van der Waals surface area contributed by atoms with Crippen molar-refractivity contribution in [3.63, 3.8) is 0 Å². The van der Waals surface area contributed by atoms with Crippen molar-refractivity contribution in [2.75, 3.05) is 24.7 Å². The maximum atomic E-state index is 13.7. The highest BCUT2D eigenvalue weighted by atomic mass is 16.6. The number of benzene rings is 2. The van der Waals surface area contributed by atoms with E-state index in [1.54, 1.807) is 31.2 Å². The van der Waals surface area contributed by atoms with Crippen LogP contribution >= 0.6 is 0 Å². The van der Waals surface area contributed by atoms with Crippen LogP contribution in [-0.4, -0.2) is 41.0 Å². The Balaban J connectivity index is 1.65. The SMILES string of the molecule is CCOC(=O)c1cn(-c2ccc(N3CCOC3=O)cc2)c(=O)n(C2CCc3c(C)cccc32)c1=O. The van der Waals surface area contributed by atoms with Crippen molar-refractivity contribution < 1.29 is 19.1 Å². The summed E-state index contributed by atoms with van der Waals surface area (Å²) >= 11 is 0. The smallest absolute Gasteiger partial charge is 0.414 e. The van der Waals surface area contributed by atoms with Gasteiger partial charge in [0.1, 0.15) is 12.2 Å². The molecule has 1 amide bonds. The van der Waals surface area contributed by atoms with Crippen molar-refractivity contribution in [2.45, 2.75) is 32.7 Å². The first-order valence-corrected chi connectivity index (χ1v) is 11.6. The number of anilines is 1. The topological polar surface area (TPSA) is 99.8 Å². The first-order valence-electron chi connectivity index (χ1n) is 11.6. The number of hydrogen-bond donors (Lipinski definition) is 0. The molecule has 1 atom stereocenters.